The molecule has 0 radical (unpaired) electrons. The SMILES string of the molecule is CN(Cc1ccncc1)c1ccc(CN)cc1Br. The second-order valence-corrected chi connectivity index (χ2v) is 5.06. The van der Waals surface area contributed by atoms with E-state index in [2.05, 4.69) is 51.1 Å². The molecule has 0 bridgehead atoms. The lowest BCUT2D eigenvalue weighted by atomic mass is 10.2. The molecule has 18 heavy (non-hydrogen) atoms. The van der Waals surface area contributed by atoms with Gasteiger partial charge in [-0.25, -0.2) is 0 Å². The van der Waals surface area contributed by atoms with Gasteiger partial charge in [-0.1, -0.05) is 6.07 Å². The molecule has 0 atom stereocenters. The zero-order valence-electron chi connectivity index (χ0n) is 10.3. The Labute approximate surface area is 116 Å². The number of benzene rings is 1. The molecule has 0 aliphatic carbocycles. The first-order valence-electron chi connectivity index (χ1n) is 5.79. The predicted molar refractivity (Wildman–Crippen MR) is 78.4 cm³/mol. The third-order valence-corrected chi connectivity index (χ3v) is 3.46. The summed E-state index contributed by atoms with van der Waals surface area (Å²) in [6, 6.07) is 10.3. The highest BCUT2D eigenvalue weighted by atomic mass is 79.9. The van der Waals surface area contributed by atoms with Crippen LogP contribution in [-0.4, -0.2) is 12.0 Å². The number of nitrogens with zero attached hydrogens (tertiary/aromatic N) is 2. The Morgan fingerprint density at radius 1 is 1.17 bits per heavy atom. The van der Waals surface area contributed by atoms with Crippen LogP contribution in [0.5, 0.6) is 0 Å². The smallest absolute Gasteiger partial charge is 0.0511 e. The van der Waals surface area contributed by atoms with E-state index in [9.17, 15) is 0 Å². The van der Waals surface area contributed by atoms with E-state index in [1.807, 2.05) is 24.5 Å². The molecule has 1 aromatic heterocycles. The van der Waals surface area contributed by atoms with Gasteiger partial charge in [0, 0.05) is 37.0 Å². The van der Waals surface area contributed by atoms with Crippen LogP contribution in [0.1, 0.15) is 11.1 Å². The molecule has 2 N–H and O–H groups in total. The minimum absolute atomic E-state index is 0.562. The highest BCUT2D eigenvalue weighted by molar-refractivity contribution is 9.10. The summed E-state index contributed by atoms with van der Waals surface area (Å²) in [5.74, 6) is 0. The van der Waals surface area contributed by atoms with Crippen LogP contribution in [-0.2, 0) is 13.1 Å². The van der Waals surface area contributed by atoms with E-state index in [4.69, 9.17) is 5.73 Å². The van der Waals surface area contributed by atoms with Crippen LogP contribution in [0, 0.1) is 0 Å². The first-order valence-corrected chi connectivity index (χ1v) is 6.58. The van der Waals surface area contributed by atoms with Gasteiger partial charge in [0.15, 0.2) is 0 Å². The first kappa shape index (κ1) is 13.1. The Morgan fingerprint density at radius 2 is 1.89 bits per heavy atom. The lowest BCUT2D eigenvalue weighted by molar-refractivity contribution is 0.914. The van der Waals surface area contributed by atoms with E-state index in [-0.39, 0.29) is 0 Å². The molecule has 0 aliphatic heterocycles. The van der Waals surface area contributed by atoms with E-state index >= 15 is 0 Å². The fraction of sp³-hybridized carbons (Fsp3) is 0.214. The fourth-order valence-electron chi connectivity index (χ4n) is 1.83. The van der Waals surface area contributed by atoms with E-state index in [1.54, 1.807) is 0 Å². The number of rotatable bonds is 4. The van der Waals surface area contributed by atoms with Crippen LogP contribution in [0.2, 0.25) is 0 Å². The van der Waals surface area contributed by atoms with Crippen LogP contribution in [0.3, 0.4) is 0 Å². The van der Waals surface area contributed by atoms with Crippen molar-refractivity contribution in [3.8, 4) is 0 Å². The quantitative estimate of drug-likeness (QED) is 0.944. The van der Waals surface area contributed by atoms with Crippen molar-refractivity contribution < 1.29 is 0 Å². The van der Waals surface area contributed by atoms with Gasteiger partial charge in [-0.3, -0.25) is 4.98 Å². The molecule has 4 heteroatoms. The maximum atomic E-state index is 5.63. The van der Waals surface area contributed by atoms with Crippen molar-refractivity contribution in [1.82, 2.24) is 4.98 Å². The maximum Gasteiger partial charge on any atom is 0.0511 e. The molecule has 1 heterocycles. The molecule has 0 aliphatic rings. The van der Waals surface area contributed by atoms with Gasteiger partial charge >= 0.3 is 0 Å². The molecule has 0 amide bonds. The summed E-state index contributed by atoms with van der Waals surface area (Å²) in [6.07, 6.45) is 3.63. The van der Waals surface area contributed by atoms with Crippen molar-refractivity contribution in [2.45, 2.75) is 13.1 Å². The summed E-state index contributed by atoms with van der Waals surface area (Å²) >= 11 is 3.59. The maximum absolute atomic E-state index is 5.63. The molecule has 1 aromatic carbocycles. The summed E-state index contributed by atoms with van der Waals surface area (Å²) in [5, 5.41) is 0. The number of hydrogen-bond donors (Lipinski definition) is 1. The summed E-state index contributed by atoms with van der Waals surface area (Å²) in [7, 11) is 2.07. The van der Waals surface area contributed by atoms with Gasteiger partial charge in [0.2, 0.25) is 0 Å². The van der Waals surface area contributed by atoms with E-state index in [0.29, 0.717) is 6.54 Å². The Bertz CT molecular complexity index is 514. The zero-order chi connectivity index (χ0) is 13.0. The average Bonchev–Trinajstić information content (AvgIpc) is 2.39. The molecular formula is C14H16BrN3. The molecule has 2 aromatic rings. The van der Waals surface area contributed by atoms with E-state index < -0.39 is 0 Å². The van der Waals surface area contributed by atoms with E-state index in [1.165, 1.54) is 5.56 Å². The third kappa shape index (κ3) is 3.09. The highest BCUT2D eigenvalue weighted by Gasteiger charge is 2.06. The Balaban J connectivity index is 2.16. The van der Waals surface area contributed by atoms with Crippen molar-refractivity contribution in [2.75, 3.05) is 11.9 Å². The Kier molecular flexibility index (Phi) is 4.33. The molecule has 0 saturated carbocycles. The number of pyridine rings is 1. The molecular weight excluding hydrogens is 290 g/mol. The monoisotopic (exact) mass is 305 g/mol. The van der Waals surface area contributed by atoms with Gasteiger partial charge in [0.25, 0.3) is 0 Å². The molecule has 0 spiro atoms. The molecule has 3 nitrogen and oxygen atoms in total. The minimum Gasteiger partial charge on any atom is -0.369 e. The van der Waals surface area contributed by atoms with Crippen LogP contribution >= 0.6 is 15.9 Å². The minimum atomic E-state index is 0.562. The second kappa shape index (κ2) is 5.98. The summed E-state index contributed by atoms with van der Waals surface area (Å²) in [5.41, 5.74) is 9.15. The lowest BCUT2D eigenvalue weighted by Gasteiger charge is -2.21. The molecule has 0 unspecified atom stereocenters. The Hall–Kier alpha value is -1.39. The fourth-order valence-corrected chi connectivity index (χ4v) is 2.56. The molecule has 0 fully saturated rings. The molecule has 2 rings (SSSR count). The van der Waals surface area contributed by atoms with Crippen molar-refractivity contribution >= 4 is 21.6 Å². The van der Waals surface area contributed by atoms with Crippen LogP contribution in [0.15, 0.2) is 47.2 Å². The van der Waals surface area contributed by atoms with Crippen LogP contribution in [0.4, 0.5) is 5.69 Å². The topological polar surface area (TPSA) is 42.2 Å². The second-order valence-electron chi connectivity index (χ2n) is 4.20. The molecule has 94 valence electrons. The standard InChI is InChI=1S/C14H16BrN3/c1-18(10-11-4-6-17-7-5-11)14-3-2-12(9-16)8-13(14)15/h2-8H,9-10,16H2,1H3. The third-order valence-electron chi connectivity index (χ3n) is 2.83. The summed E-state index contributed by atoms with van der Waals surface area (Å²) in [6.45, 7) is 1.41. The van der Waals surface area contributed by atoms with Crippen molar-refractivity contribution in [2.24, 2.45) is 5.73 Å². The van der Waals surface area contributed by atoms with Crippen LogP contribution < -0.4 is 10.6 Å². The number of aromatic nitrogens is 1. The van der Waals surface area contributed by atoms with Gasteiger partial charge in [-0.15, -0.1) is 0 Å². The van der Waals surface area contributed by atoms with Crippen molar-refractivity contribution in [3.63, 3.8) is 0 Å². The normalized spacial score (nSPS) is 10.4. The van der Waals surface area contributed by atoms with Crippen molar-refractivity contribution in [3.05, 3.63) is 58.3 Å². The number of nitrogens with two attached hydrogens (primary N) is 1. The highest BCUT2D eigenvalue weighted by Crippen LogP contribution is 2.27. The van der Waals surface area contributed by atoms with Gasteiger partial charge in [0.1, 0.15) is 0 Å². The van der Waals surface area contributed by atoms with Gasteiger partial charge in [0.05, 0.1) is 5.69 Å². The van der Waals surface area contributed by atoms with Gasteiger partial charge < -0.3 is 10.6 Å². The van der Waals surface area contributed by atoms with Gasteiger partial charge in [-0.05, 0) is 51.3 Å². The summed E-state index contributed by atoms with van der Waals surface area (Å²) < 4.78 is 1.07. The predicted octanol–water partition coefficient (Wildman–Crippen LogP) is 2.94. The number of anilines is 1. The van der Waals surface area contributed by atoms with Gasteiger partial charge in [-0.2, -0.15) is 0 Å². The lowest BCUT2D eigenvalue weighted by Crippen LogP contribution is -2.17. The van der Waals surface area contributed by atoms with Crippen molar-refractivity contribution in [1.29, 1.82) is 0 Å². The molecule has 0 saturated heterocycles. The number of halogens is 1. The Morgan fingerprint density at radius 3 is 2.50 bits per heavy atom. The van der Waals surface area contributed by atoms with Crippen LogP contribution in [0.25, 0.3) is 0 Å². The zero-order valence-corrected chi connectivity index (χ0v) is 11.9. The average molecular weight is 306 g/mol. The van der Waals surface area contributed by atoms with E-state index in [0.717, 1.165) is 22.3 Å². The first-order chi connectivity index (χ1) is 8.70. The number of hydrogen-bond acceptors (Lipinski definition) is 3. The summed E-state index contributed by atoms with van der Waals surface area (Å²) in [4.78, 5) is 6.22. The largest absolute Gasteiger partial charge is 0.369 e.